The summed E-state index contributed by atoms with van der Waals surface area (Å²) in [5.74, 6) is -0.0767. The number of benzene rings is 1. The van der Waals surface area contributed by atoms with E-state index in [1.165, 1.54) is 6.07 Å². The highest BCUT2D eigenvalue weighted by Gasteiger charge is 2.09. The van der Waals surface area contributed by atoms with Crippen LogP contribution in [-0.4, -0.2) is 12.9 Å². The third kappa shape index (κ3) is 2.52. The quantitative estimate of drug-likeness (QED) is 0.698. The minimum Gasteiger partial charge on any atom is -0.434 e. The van der Waals surface area contributed by atoms with Crippen LogP contribution in [0.2, 0.25) is 0 Å². The molecule has 0 saturated heterocycles. The minimum atomic E-state index is -2.90. The molecule has 76 valence electrons. The molecule has 0 spiro atoms. The maximum atomic E-state index is 11.9. The first-order chi connectivity index (χ1) is 6.67. The Hall–Kier alpha value is -1.45. The maximum absolute atomic E-state index is 11.9. The summed E-state index contributed by atoms with van der Waals surface area (Å²) in [6.07, 6.45) is 1.26. The van der Waals surface area contributed by atoms with Crippen LogP contribution in [0.4, 0.5) is 8.78 Å². The molecule has 0 amide bonds. The summed E-state index contributed by atoms with van der Waals surface area (Å²) in [7, 11) is 0. The highest BCUT2D eigenvalue weighted by molar-refractivity contribution is 5.79. The third-order valence-electron chi connectivity index (χ3n) is 1.83. The van der Waals surface area contributed by atoms with Gasteiger partial charge < -0.3 is 4.74 Å². The van der Waals surface area contributed by atoms with Crippen molar-refractivity contribution in [2.75, 3.05) is 0 Å². The predicted octanol–water partition coefficient (Wildman–Crippen LogP) is 2.66. The highest BCUT2D eigenvalue weighted by Crippen LogP contribution is 2.20. The predicted molar refractivity (Wildman–Crippen MR) is 47.8 cm³/mol. The van der Waals surface area contributed by atoms with Crippen LogP contribution in [-0.2, 0) is 6.42 Å². The van der Waals surface area contributed by atoms with Gasteiger partial charge in [0.1, 0.15) is 5.75 Å². The Bertz CT molecular complexity index is 324. The molecule has 1 aromatic rings. The Morgan fingerprint density at radius 1 is 1.50 bits per heavy atom. The SMILES string of the molecule is CCc1ccc(OC(F)F)c(C=O)c1. The molecule has 1 aromatic carbocycles. The van der Waals surface area contributed by atoms with E-state index in [0.29, 0.717) is 6.29 Å². The summed E-state index contributed by atoms with van der Waals surface area (Å²) in [6, 6.07) is 4.59. The van der Waals surface area contributed by atoms with Gasteiger partial charge >= 0.3 is 6.61 Å². The normalized spacial score (nSPS) is 10.3. The fraction of sp³-hybridized carbons (Fsp3) is 0.300. The maximum Gasteiger partial charge on any atom is 0.387 e. The number of hydrogen-bond donors (Lipinski definition) is 0. The Morgan fingerprint density at radius 2 is 2.21 bits per heavy atom. The van der Waals surface area contributed by atoms with E-state index in [2.05, 4.69) is 4.74 Å². The van der Waals surface area contributed by atoms with Crippen molar-refractivity contribution in [3.8, 4) is 5.75 Å². The Kier molecular flexibility index (Phi) is 3.56. The summed E-state index contributed by atoms with van der Waals surface area (Å²) >= 11 is 0. The van der Waals surface area contributed by atoms with Gasteiger partial charge in [-0.2, -0.15) is 8.78 Å². The number of halogens is 2. The first-order valence-corrected chi connectivity index (χ1v) is 4.20. The number of alkyl halides is 2. The van der Waals surface area contributed by atoms with Crippen molar-refractivity contribution in [3.05, 3.63) is 29.3 Å². The lowest BCUT2D eigenvalue weighted by Crippen LogP contribution is -2.04. The Balaban J connectivity index is 2.99. The van der Waals surface area contributed by atoms with Crippen LogP contribution in [0.1, 0.15) is 22.8 Å². The number of aryl methyl sites for hydroxylation is 1. The summed E-state index contributed by atoms with van der Waals surface area (Å²) in [6.45, 7) is -0.987. The van der Waals surface area contributed by atoms with Gasteiger partial charge in [-0.1, -0.05) is 13.0 Å². The second kappa shape index (κ2) is 4.69. The van der Waals surface area contributed by atoms with Gasteiger partial charge in [-0.05, 0) is 24.1 Å². The zero-order valence-electron chi connectivity index (χ0n) is 7.67. The van der Waals surface area contributed by atoms with Crippen LogP contribution in [0.25, 0.3) is 0 Å². The van der Waals surface area contributed by atoms with Crippen LogP contribution in [0, 0.1) is 0 Å². The second-order valence-electron chi connectivity index (χ2n) is 2.72. The molecule has 0 fully saturated rings. The zero-order chi connectivity index (χ0) is 10.6. The van der Waals surface area contributed by atoms with Crippen molar-refractivity contribution in [3.63, 3.8) is 0 Å². The molecule has 0 N–H and O–H groups in total. The van der Waals surface area contributed by atoms with E-state index < -0.39 is 6.61 Å². The fourth-order valence-electron chi connectivity index (χ4n) is 1.11. The fourth-order valence-corrected chi connectivity index (χ4v) is 1.11. The summed E-state index contributed by atoms with van der Waals surface area (Å²) in [4.78, 5) is 10.6. The zero-order valence-corrected chi connectivity index (χ0v) is 7.67. The molecule has 4 heteroatoms. The Morgan fingerprint density at radius 3 is 2.71 bits per heavy atom. The van der Waals surface area contributed by atoms with Gasteiger partial charge in [-0.15, -0.1) is 0 Å². The molecule has 0 atom stereocenters. The van der Waals surface area contributed by atoms with Gasteiger partial charge in [-0.25, -0.2) is 0 Å². The largest absolute Gasteiger partial charge is 0.434 e. The lowest BCUT2D eigenvalue weighted by Gasteiger charge is -2.07. The standard InChI is InChI=1S/C10H10F2O2/c1-2-7-3-4-9(14-10(11)12)8(5-7)6-13/h3-6,10H,2H2,1H3. The monoisotopic (exact) mass is 200 g/mol. The van der Waals surface area contributed by atoms with Gasteiger partial charge in [0.25, 0.3) is 0 Å². The molecule has 0 aliphatic heterocycles. The van der Waals surface area contributed by atoms with Crippen LogP contribution in [0.5, 0.6) is 5.75 Å². The van der Waals surface area contributed by atoms with Gasteiger partial charge in [-0.3, -0.25) is 4.79 Å². The molecule has 0 bridgehead atoms. The molecule has 0 heterocycles. The first-order valence-electron chi connectivity index (χ1n) is 4.20. The molecule has 0 radical (unpaired) electrons. The molecular weight excluding hydrogens is 190 g/mol. The van der Waals surface area contributed by atoms with Crippen molar-refractivity contribution in [1.29, 1.82) is 0 Å². The molecule has 0 aromatic heterocycles. The third-order valence-corrected chi connectivity index (χ3v) is 1.83. The van der Waals surface area contributed by atoms with Crippen LogP contribution in [0.3, 0.4) is 0 Å². The van der Waals surface area contributed by atoms with Gasteiger partial charge in [0.05, 0.1) is 5.56 Å². The van der Waals surface area contributed by atoms with E-state index in [0.717, 1.165) is 12.0 Å². The van der Waals surface area contributed by atoms with Crippen LogP contribution in [0.15, 0.2) is 18.2 Å². The van der Waals surface area contributed by atoms with Gasteiger partial charge in [0.2, 0.25) is 0 Å². The van der Waals surface area contributed by atoms with E-state index in [4.69, 9.17) is 0 Å². The second-order valence-corrected chi connectivity index (χ2v) is 2.72. The average Bonchev–Trinajstić information content (AvgIpc) is 2.17. The molecule has 2 nitrogen and oxygen atoms in total. The van der Waals surface area contributed by atoms with Crippen LogP contribution < -0.4 is 4.74 Å². The lowest BCUT2D eigenvalue weighted by molar-refractivity contribution is -0.0500. The van der Waals surface area contributed by atoms with E-state index >= 15 is 0 Å². The molecule has 14 heavy (non-hydrogen) atoms. The van der Waals surface area contributed by atoms with Gasteiger partial charge in [0, 0.05) is 0 Å². The molecule has 1 rings (SSSR count). The summed E-state index contributed by atoms with van der Waals surface area (Å²) in [5, 5.41) is 0. The van der Waals surface area contributed by atoms with Crippen molar-refractivity contribution in [1.82, 2.24) is 0 Å². The van der Waals surface area contributed by atoms with Crippen molar-refractivity contribution < 1.29 is 18.3 Å². The molecule has 0 aliphatic carbocycles. The number of aldehydes is 1. The number of hydrogen-bond acceptors (Lipinski definition) is 2. The van der Waals surface area contributed by atoms with Crippen molar-refractivity contribution in [2.45, 2.75) is 20.0 Å². The van der Waals surface area contributed by atoms with Crippen molar-refractivity contribution in [2.24, 2.45) is 0 Å². The smallest absolute Gasteiger partial charge is 0.387 e. The topological polar surface area (TPSA) is 26.3 Å². The van der Waals surface area contributed by atoms with Crippen molar-refractivity contribution >= 4 is 6.29 Å². The lowest BCUT2D eigenvalue weighted by atomic mass is 10.1. The van der Waals surface area contributed by atoms with E-state index in [1.807, 2.05) is 6.92 Å². The minimum absolute atomic E-state index is 0.0767. The number of ether oxygens (including phenoxy) is 1. The first kappa shape index (κ1) is 10.6. The molecular formula is C10H10F2O2. The molecule has 0 saturated carbocycles. The molecule has 0 unspecified atom stereocenters. The summed E-state index contributed by atoms with van der Waals surface area (Å²) in [5.41, 5.74) is 1.07. The van der Waals surface area contributed by atoms with Crippen LogP contribution >= 0.6 is 0 Å². The molecule has 0 aliphatic rings. The Labute approximate surface area is 80.5 Å². The average molecular weight is 200 g/mol. The highest BCUT2D eigenvalue weighted by atomic mass is 19.3. The van der Waals surface area contributed by atoms with E-state index in [9.17, 15) is 13.6 Å². The summed E-state index contributed by atoms with van der Waals surface area (Å²) < 4.78 is 27.9. The number of rotatable bonds is 4. The van der Waals surface area contributed by atoms with Gasteiger partial charge in [0.15, 0.2) is 6.29 Å². The van der Waals surface area contributed by atoms with E-state index in [-0.39, 0.29) is 11.3 Å². The van der Waals surface area contributed by atoms with E-state index in [1.54, 1.807) is 12.1 Å². The number of carbonyl (C=O) groups is 1. The number of carbonyl (C=O) groups excluding carboxylic acids is 1.